The smallest absolute Gasteiger partial charge is 0.0707 e. The largest absolute Gasteiger partial charge is 0.397 e. The number of nitrogen functional groups attached to an aromatic ring is 1. The molecule has 0 fully saturated rings. The molecule has 2 nitrogen and oxygen atoms in total. The summed E-state index contributed by atoms with van der Waals surface area (Å²) in [6, 6.07) is 18.6. The summed E-state index contributed by atoms with van der Waals surface area (Å²) in [6.07, 6.45) is 0. The van der Waals surface area contributed by atoms with E-state index in [9.17, 15) is 0 Å². The molecule has 18 heavy (non-hydrogen) atoms. The zero-order valence-corrected chi connectivity index (χ0v) is 10.2. The lowest BCUT2D eigenvalue weighted by molar-refractivity contribution is 1.26. The van der Waals surface area contributed by atoms with Crippen LogP contribution in [0, 0.1) is 6.92 Å². The molecule has 0 saturated carbocycles. The maximum atomic E-state index is 5.91. The Morgan fingerprint density at radius 1 is 0.889 bits per heavy atom. The number of aromatic nitrogens is 1. The third kappa shape index (κ3) is 1.82. The molecular formula is C16H14N2. The zero-order chi connectivity index (χ0) is 12.5. The second-order valence-corrected chi connectivity index (χ2v) is 4.44. The quantitative estimate of drug-likeness (QED) is 0.695. The lowest BCUT2D eigenvalue weighted by atomic mass is 10.0. The first-order valence-electron chi connectivity index (χ1n) is 5.96. The Labute approximate surface area is 106 Å². The predicted molar refractivity (Wildman–Crippen MR) is 76.3 cm³/mol. The molecular weight excluding hydrogens is 220 g/mol. The van der Waals surface area contributed by atoms with Crippen LogP contribution in [0.2, 0.25) is 0 Å². The normalized spacial score (nSPS) is 10.7. The first-order valence-corrected chi connectivity index (χ1v) is 5.96. The molecule has 1 heterocycles. The Bertz CT molecular complexity index is 703. The minimum Gasteiger partial charge on any atom is -0.397 e. The van der Waals surface area contributed by atoms with E-state index in [-0.39, 0.29) is 0 Å². The summed E-state index contributed by atoms with van der Waals surface area (Å²) in [5.74, 6) is 0. The van der Waals surface area contributed by atoms with Gasteiger partial charge < -0.3 is 5.73 Å². The number of aryl methyl sites for hydroxylation is 1. The first-order chi connectivity index (χ1) is 8.74. The summed E-state index contributed by atoms with van der Waals surface area (Å²) in [5.41, 5.74) is 10.9. The molecule has 0 saturated heterocycles. The van der Waals surface area contributed by atoms with E-state index in [1.807, 2.05) is 37.3 Å². The van der Waals surface area contributed by atoms with Gasteiger partial charge in [0.05, 0.1) is 16.9 Å². The van der Waals surface area contributed by atoms with E-state index in [1.165, 1.54) is 11.1 Å². The fraction of sp³-hybridized carbons (Fsp3) is 0.0625. The molecule has 2 aromatic carbocycles. The maximum Gasteiger partial charge on any atom is 0.0707 e. The third-order valence-electron chi connectivity index (χ3n) is 3.15. The van der Waals surface area contributed by atoms with Crippen LogP contribution in [0.15, 0.2) is 54.6 Å². The summed E-state index contributed by atoms with van der Waals surface area (Å²) in [6.45, 7) is 1.93. The maximum absolute atomic E-state index is 5.91. The Morgan fingerprint density at radius 2 is 1.67 bits per heavy atom. The van der Waals surface area contributed by atoms with Gasteiger partial charge in [-0.25, -0.2) is 0 Å². The highest BCUT2D eigenvalue weighted by Crippen LogP contribution is 2.25. The van der Waals surface area contributed by atoms with Crippen molar-refractivity contribution in [2.75, 3.05) is 5.73 Å². The Morgan fingerprint density at radius 3 is 2.44 bits per heavy atom. The average molecular weight is 234 g/mol. The number of nitrogens with two attached hydrogens (primary N) is 1. The molecule has 0 amide bonds. The van der Waals surface area contributed by atoms with E-state index in [4.69, 9.17) is 5.73 Å². The Hall–Kier alpha value is -2.35. The lowest BCUT2D eigenvalue weighted by Crippen LogP contribution is -1.93. The van der Waals surface area contributed by atoms with Crippen molar-refractivity contribution in [3.8, 4) is 11.1 Å². The van der Waals surface area contributed by atoms with Gasteiger partial charge in [-0.1, -0.05) is 36.4 Å². The number of fused-ring (bicyclic) bond motifs is 1. The lowest BCUT2D eigenvalue weighted by Gasteiger charge is -2.06. The van der Waals surface area contributed by atoms with Crippen LogP contribution < -0.4 is 5.73 Å². The van der Waals surface area contributed by atoms with E-state index in [2.05, 4.69) is 29.2 Å². The van der Waals surface area contributed by atoms with Gasteiger partial charge in [0, 0.05) is 5.39 Å². The summed E-state index contributed by atoms with van der Waals surface area (Å²) >= 11 is 0. The van der Waals surface area contributed by atoms with Crippen molar-refractivity contribution in [1.29, 1.82) is 0 Å². The predicted octanol–water partition coefficient (Wildman–Crippen LogP) is 3.79. The van der Waals surface area contributed by atoms with E-state index in [1.54, 1.807) is 0 Å². The van der Waals surface area contributed by atoms with Crippen molar-refractivity contribution in [3.63, 3.8) is 0 Å². The first kappa shape index (κ1) is 10.8. The monoisotopic (exact) mass is 234 g/mol. The van der Waals surface area contributed by atoms with Gasteiger partial charge in [-0.2, -0.15) is 0 Å². The topological polar surface area (TPSA) is 38.9 Å². The van der Waals surface area contributed by atoms with Crippen molar-refractivity contribution in [1.82, 2.24) is 4.98 Å². The van der Waals surface area contributed by atoms with Crippen LogP contribution in [-0.2, 0) is 0 Å². The highest BCUT2D eigenvalue weighted by atomic mass is 14.7. The van der Waals surface area contributed by atoms with E-state index >= 15 is 0 Å². The SMILES string of the molecule is Cc1nc2ccc(-c3ccccc3)cc2cc1N. The van der Waals surface area contributed by atoms with Crippen molar-refractivity contribution >= 4 is 16.6 Å². The third-order valence-corrected chi connectivity index (χ3v) is 3.15. The molecule has 3 aromatic rings. The molecule has 0 spiro atoms. The summed E-state index contributed by atoms with van der Waals surface area (Å²) < 4.78 is 0. The van der Waals surface area contributed by atoms with E-state index < -0.39 is 0 Å². The minimum absolute atomic E-state index is 0.743. The molecule has 0 aliphatic carbocycles. The second-order valence-electron chi connectivity index (χ2n) is 4.44. The molecule has 0 aliphatic heterocycles. The van der Waals surface area contributed by atoms with Crippen LogP contribution in [0.5, 0.6) is 0 Å². The average Bonchev–Trinajstić information content (AvgIpc) is 2.41. The number of anilines is 1. The highest BCUT2D eigenvalue weighted by Gasteiger charge is 2.02. The van der Waals surface area contributed by atoms with Gasteiger partial charge in [-0.15, -0.1) is 0 Å². The minimum atomic E-state index is 0.743. The Kier molecular flexibility index (Phi) is 2.49. The zero-order valence-electron chi connectivity index (χ0n) is 10.2. The van der Waals surface area contributed by atoms with Gasteiger partial charge in [0.2, 0.25) is 0 Å². The van der Waals surface area contributed by atoms with Crippen molar-refractivity contribution in [2.24, 2.45) is 0 Å². The molecule has 0 radical (unpaired) electrons. The van der Waals surface area contributed by atoms with Crippen LogP contribution in [0.1, 0.15) is 5.69 Å². The van der Waals surface area contributed by atoms with Crippen LogP contribution in [0.4, 0.5) is 5.69 Å². The van der Waals surface area contributed by atoms with Gasteiger partial charge in [0.25, 0.3) is 0 Å². The number of rotatable bonds is 1. The van der Waals surface area contributed by atoms with Gasteiger partial charge in [-0.05, 0) is 36.2 Å². The van der Waals surface area contributed by atoms with Gasteiger partial charge in [-0.3, -0.25) is 4.98 Å². The number of pyridine rings is 1. The van der Waals surface area contributed by atoms with E-state index in [0.29, 0.717) is 0 Å². The Balaban J connectivity index is 2.20. The molecule has 3 rings (SSSR count). The molecule has 2 heteroatoms. The van der Waals surface area contributed by atoms with Crippen LogP contribution in [0.25, 0.3) is 22.0 Å². The number of hydrogen-bond acceptors (Lipinski definition) is 2. The fourth-order valence-electron chi connectivity index (χ4n) is 2.10. The van der Waals surface area contributed by atoms with Gasteiger partial charge in [0.1, 0.15) is 0 Å². The summed E-state index contributed by atoms with van der Waals surface area (Å²) in [5, 5.41) is 1.08. The molecule has 0 aliphatic rings. The number of hydrogen-bond donors (Lipinski definition) is 1. The van der Waals surface area contributed by atoms with Gasteiger partial charge >= 0.3 is 0 Å². The van der Waals surface area contributed by atoms with Crippen LogP contribution in [0.3, 0.4) is 0 Å². The summed E-state index contributed by atoms with van der Waals surface area (Å²) in [4.78, 5) is 4.48. The van der Waals surface area contributed by atoms with Crippen molar-refractivity contribution in [3.05, 3.63) is 60.3 Å². The molecule has 88 valence electrons. The van der Waals surface area contributed by atoms with E-state index in [0.717, 1.165) is 22.3 Å². The molecule has 0 atom stereocenters. The molecule has 0 unspecified atom stereocenters. The molecule has 0 bridgehead atoms. The van der Waals surface area contributed by atoms with Crippen molar-refractivity contribution < 1.29 is 0 Å². The second kappa shape index (κ2) is 4.15. The molecule has 2 N–H and O–H groups in total. The number of benzene rings is 2. The summed E-state index contributed by atoms with van der Waals surface area (Å²) in [7, 11) is 0. The fourth-order valence-corrected chi connectivity index (χ4v) is 2.10. The van der Waals surface area contributed by atoms with Crippen LogP contribution in [-0.4, -0.2) is 4.98 Å². The molecule has 1 aromatic heterocycles. The van der Waals surface area contributed by atoms with Crippen LogP contribution >= 0.6 is 0 Å². The van der Waals surface area contributed by atoms with Crippen molar-refractivity contribution in [2.45, 2.75) is 6.92 Å². The highest BCUT2D eigenvalue weighted by molar-refractivity contribution is 5.86. The van der Waals surface area contributed by atoms with Gasteiger partial charge in [0.15, 0.2) is 0 Å². The number of nitrogens with zero attached hydrogens (tertiary/aromatic N) is 1. The standard InChI is InChI=1S/C16H14N2/c1-11-15(17)10-14-9-13(7-8-16(14)18-11)12-5-3-2-4-6-12/h2-10H,17H2,1H3.